The quantitative estimate of drug-likeness (QED) is 0.622. The van der Waals surface area contributed by atoms with Crippen molar-refractivity contribution in [2.75, 3.05) is 18.0 Å². The van der Waals surface area contributed by atoms with Crippen LogP contribution in [0, 0.1) is 19.3 Å². The van der Waals surface area contributed by atoms with Crippen LogP contribution < -0.4 is 10.6 Å². The molecular formula is C14H22N4. The van der Waals surface area contributed by atoms with E-state index in [1.165, 1.54) is 25.7 Å². The Balaban J connectivity index is 2.43. The molecule has 0 unspecified atom stereocenters. The van der Waals surface area contributed by atoms with Gasteiger partial charge in [0.25, 0.3) is 0 Å². The first-order valence-corrected chi connectivity index (χ1v) is 6.67. The molecule has 0 saturated carbocycles. The summed E-state index contributed by atoms with van der Waals surface area (Å²) in [5.74, 6) is 1.03. The Bertz CT molecular complexity index is 445. The summed E-state index contributed by atoms with van der Waals surface area (Å²) in [5.41, 5.74) is 8.58. The molecule has 2 heterocycles. The molecule has 98 valence electrons. The largest absolute Gasteiger partial charge is 0.384 e. The van der Waals surface area contributed by atoms with Crippen molar-refractivity contribution in [3.05, 3.63) is 22.9 Å². The van der Waals surface area contributed by atoms with Gasteiger partial charge in [-0.3, -0.25) is 5.41 Å². The van der Waals surface area contributed by atoms with Gasteiger partial charge in [-0.15, -0.1) is 0 Å². The van der Waals surface area contributed by atoms with Crippen molar-refractivity contribution in [2.45, 2.75) is 39.5 Å². The molecule has 0 amide bonds. The average molecular weight is 246 g/mol. The van der Waals surface area contributed by atoms with Crippen molar-refractivity contribution in [1.29, 1.82) is 5.41 Å². The van der Waals surface area contributed by atoms with Crippen LogP contribution in [0.1, 0.15) is 42.5 Å². The minimum atomic E-state index is 0.124. The molecule has 1 aliphatic rings. The van der Waals surface area contributed by atoms with E-state index in [0.29, 0.717) is 0 Å². The zero-order valence-corrected chi connectivity index (χ0v) is 11.3. The molecule has 1 fully saturated rings. The number of hydrogen-bond acceptors (Lipinski definition) is 3. The van der Waals surface area contributed by atoms with Crippen molar-refractivity contribution in [3.63, 3.8) is 0 Å². The third-order valence-corrected chi connectivity index (χ3v) is 3.50. The Hall–Kier alpha value is -1.58. The van der Waals surface area contributed by atoms with E-state index in [0.717, 1.165) is 35.7 Å². The molecule has 1 saturated heterocycles. The standard InChI is InChI=1S/C14H22N4/c1-10-9-11(2)17-14(12(10)13(15)16)18-7-5-3-4-6-8-18/h9H,3-8H2,1-2H3,(H3,15,16). The minimum absolute atomic E-state index is 0.124. The zero-order chi connectivity index (χ0) is 13.1. The normalized spacial score (nSPS) is 16.4. The lowest BCUT2D eigenvalue weighted by atomic mass is 10.1. The van der Waals surface area contributed by atoms with E-state index >= 15 is 0 Å². The number of aryl methyl sites for hydroxylation is 2. The number of hydrogen-bond donors (Lipinski definition) is 2. The van der Waals surface area contributed by atoms with Gasteiger partial charge < -0.3 is 10.6 Å². The van der Waals surface area contributed by atoms with Gasteiger partial charge in [0.1, 0.15) is 11.7 Å². The summed E-state index contributed by atoms with van der Waals surface area (Å²) in [7, 11) is 0. The van der Waals surface area contributed by atoms with Gasteiger partial charge in [-0.2, -0.15) is 0 Å². The first-order valence-electron chi connectivity index (χ1n) is 6.67. The fourth-order valence-corrected chi connectivity index (χ4v) is 2.66. The van der Waals surface area contributed by atoms with Gasteiger partial charge in [0.2, 0.25) is 0 Å². The topological polar surface area (TPSA) is 66.0 Å². The molecule has 1 aromatic rings. The summed E-state index contributed by atoms with van der Waals surface area (Å²) < 4.78 is 0. The van der Waals surface area contributed by atoms with Crippen molar-refractivity contribution in [1.82, 2.24) is 4.98 Å². The number of nitrogens with one attached hydrogen (secondary N) is 1. The van der Waals surface area contributed by atoms with E-state index in [1.54, 1.807) is 0 Å². The molecule has 0 radical (unpaired) electrons. The van der Waals surface area contributed by atoms with Gasteiger partial charge in [-0.1, -0.05) is 12.8 Å². The number of nitrogen functional groups attached to an aromatic ring is 1. The summed E-state index contributed by atoms with van der Waals surface area (Å²) in [4.78, 5) is 6.92. The fourth-order valence-electron chi connectivity index (χ4n) is 2.66. The number of pyridine rings is 1. The fraction of sp³-hybridized carbons (Fsp3) is 0.571. The smallest absolute Gasteiger partial charge is 0.140 e. The van der Waals surface area contributed by atoms with Crippen LogP contribution in [0.4, 0.5) is 5.82 Å². The van der Waals surface area contributed by atoms with Crippen LogP contribution >= 0.6 is 0 Å². The van der Waals surface area contributed by atoms with Crippen LogP contribution in [0.3, 0.4) is 0 Å². The van der Waals surface area contributed by atoms with E-state index in [1.807, 2.05) is 19.9 Å². The van der Waals surface area contributed by atoms with Crippen molar-refractivity contribution < 1.29 is 0 Å². The molecule has 1 aromatic heterocycles. The highest BCUT2D eigenvalue weighted by molar-refractivity contribution is 6.01. The second-order valence-electron chi connectivity index (χ2n) is 5.09. The van der Waals surface area contributed by atoms with Crippen LogP contribution in [-0.4, -0.2) is 23.9 Å². The lowest BCUT2D eigenvalue weighted by Gasteiger charge is -2.25. The molecule has 3 N–H and O–H groups in total. The van der Waals surface area contributed by atoms with E-state index in [9.17, 15) is 0 Å². The lowest BCUT2D eigenvalue weighted by molar-refractivity contribution is 0.726. The second-order valence-corrected chi connectivity index (χ2v) is 5.09. The maximum Gasteiger partial charge on any atom is 0.140 e. The van der Waals surface area contributed by atoms with Crippen LogP contribution in [0.15, 0.2) is 6.07 Å². The summed E-state index contributed by atoms with van der Waals surface area (Å²) in [6.45, 7) is 6.05. The average Bonchev–Trinajstić information content (AvgIpc) is 2.55. The van der Waals surface area contributed by atoms with Crippen LogP contribution in [0.2, 0.25) is 0 Å². The van der Waals surface area contributed by atoms with Gasteiger partial charge >= 0.3 is 0 Å². The van der Waals surface area contributed by atoms with Gasteiger partial charge in [-0.25, -0.2) is 4.98 Å². The number of nitrogens with zero attached hydrogens (tertiary/aromatic N) is 2. The first kappa shape index (κ1) is 12.9. The summed E-state index contributed by atoms with van der Waals surface area (Å²) >= 11 is 0. The molecule has 1 aliphatic heterocycles. The zero-order valence-electron chi connectivity index (χ0n) is 11.3. The van der Waals surface area contributed by atoms with Gasteiger partial charge in [0, 0.05) is 18.8 Å². The Morgan fingerprint density at radius 2 is 1.83 bits per heavy atom. The van der Waals surface area contributed by atoms with Crippen LogP contribution in [0.25, 0.3) is 0 Å². The third kappa shape index (κ3) is 2.63. The maximum absolute atomic E-state index is 7.77. The highest BCUT2D eigenvalue weighted by atomic mass is 15.2. The Kier molecular flexibility index (Phi) is 3.84. The summed E-state index contributed by atoms with van der Waals surface area (Å²) in [6.07, 6.45) is 4.98. The predicted octanol–water partition coefficient (Wildman–Crippen LogP) is 2.36. The van der Waals surface area contributed by atoms with E-state index in [2.05, 4.69) is 9.88 Å². The lowest BCUT2D eigenvalue weighted by Crippen LogP contribution is -2.29. The van der Waals surface area contributed by atoms with Gasteiger partial charge in [-0.05, 0) is 38.3 Å². The molecule has 0 aliphatic carbocycles. The Morgan fingerprint density at radius 1 is 1.22 bits per heavy atom. The monoisotopic (exact) mass is 246 g/mol. The van der Waals surface area contributed by atoms with E-state index < -0.39 is 0 Å². The van der Waals surface area contributed by atoms with Crippen LogP contribution in [0.5, 0.6) is 0 Å². The number of rotatable bonds is 2. The maximum atomic E-state index is 7.77. The molecule has 0 bridgehead atoms. The first-order chi connectivity index (χ1) is 8.59. The number of nitrogens with two attached hydrogens (primary N) is 1. The summed E-state index contributed by atoms with van der Waals surface area (Å²) in [5, 5.41) is 7.77. The number of aromatic nitrogens is 1. The Morgan fingerprint density at radius 3 is 2.39 bits per heavy atom. The molecular weight excluding hydrogens is 224 g/mol. The Labute approximate surface area is 109 Å². The van der Waals surface area contributed by atoms with Crippen LogP contribution in [-0.2, 0) is 0 Å². The molecule has 0 aromatic carbocycles. The third-order valence-electron chi connectivity index (χ3n) is 3.50. The minimum Gasteiger partial charge on any atom is -0.384 e. The molecule has 0 spiro atoms. The summed E-state index contributed by atoms with van der Waals surface area (Å²) in [6, 6.07) is 2.00. The predicted molar refractivity (Wildman–Crippen MR) is 75.4 cm³/mol. The highest BCUT2D eigenvalue weighted by Gasteiger charge is 2.18. The van der Waals surface area contributed by atoms with Gasteiger partial charge in [0.05, 0.1) is 5.56 Å². The molecule has 18 heavy (non-hydrogen) atoms. The van der Waals surface area contributed by atoms with Crippen molar-refractivity contribution >= 4 is 11.7 Å². The highest BCUT2D eigenvalue weighted by Crippen LogP contribution is 2.24. The number of anilines is 1. The SMILES string of the molecule is Cc1cc(C)c(C(=N)N)c(N2CCCCCC2)n1. The van der Waals surface area contributed by atoms with Crippen molar-refractivity contribution in [3.8, 4) is 0 Å². The van der Waals surface area contributed by atoms with E-state index in [4.69, 9.17) is 11.1 Å². The molecule has 0 atom stereocenters. The molecule has 4 heteroatoms. The second kappa shape index (κ2) is 5.38. The molecule has 2 rings (SSSR count). The van der Waals surface area contributed by atoms with Crippen molar-refractivity contribution in [2.24, 2.45) is 5.73 Å². The van der Waals surface area contributed by atoms with Gasteiger partial charge in [0.15, 0.2) is 0 Å². The van der Waals surface area contributed by atoms with E-state index in [-0.39, 0.29) is 5.84 Å². The number of amidine groups is 1. The molecule has 4 nitrogen and oxygen atoms in total.